The Morgan fingerprint density at radius 3 is 2.80 bits per heavy atom. The second-order valence-electron chi connectivity index (χ2n) is 4.22. The van der Waals surface area contributed by atoms with Crippen LogP contribution in [0.15, 0.2) is 42.7 Å². The highest BCUT2D eigenvalue weighted by atomic mass is 16.5. The molecule has 0 saturated carbocycles. The van der Waals surface area contributed by atoms with Gasteiger partial charge in [-0.1, -0.05) is 18.2 Å². The fourth-order valence-electron chi connectivity index (χ4n) is 1.90. The van der Waals surface area contributed by atoms with Crippen molar-refractivity contribution in [2.24, 2.45) is 0 Å². The third-order valence-corrected chi connectivity index (χ3v) is 2.90. The molecule has 5 heteroatoms. The van der Waals surface area contributed by atoms with E-state index in [1.54, 1.807) is 32.6 Å². The number of hydrogen-bond donors (Lipinski definition) is 2. The van der Waals surface area contributed by atoms with E-state index < -0.39 is 0 Å². The molecule has 0 spiro atoms. The second kappa shape index (κ2) is 6.68. The van der Waals surface area contributed by atoms with Gasteiger partial charge in [-0.25, -0.2) is 0 Å². The van der Waals surface area contributed by atoms with E-state index in [-0.39, 0.29) is 5.91 Å². The van der Waals surface area contributed by atoms with Crippen LogP contribution in [0.3, 0.4) is 0 Å². The summed E-state index contributed by atoms with van der Waals surface area (Å²) in [6.07, 6.45) is 3.22. The van der Waals surface area contributed by atoms with Crippen molar-refractivity contribution < 1.29 is 9.53 Å². The molecule has 0 radical (unpaired) electrons. The number of anilines is 2. The van der Waals surface area contributed by atoms with E-state index >= 15 is 0 Å². The Kier molecular flexibility index (Phi) is 4.68. The Morgan fingerprint density at radius 2 is 2.05 bits per heavy atom. The van der Waals surface area contributed by atoms with Crippen LogP contribution in [0.2, 0.25) is 0 Å². The molecule has 0 unspecified atom stereocenters. The topological polar surface area (TPSA) is 63.2 Å². The maximum Gasteiger partial charge on any atom is 0.257 e. The van der Waals surface area contributed by atoms with Crippen LogP contribution in [-0.2, 0) is 11.3 Å². The molecule has 0 aliphatic heterocycles. The van der Waals surface area contributed by atoms with Crippen LogP contribution in [0, 0.1) is 0 Å². The van der Waals surface area contributed by atoms with Gasteiger partial charge in [0, 0.05) is 31.6 Å². The number of pyridine rings is 1. The van der Waals surface area contributed by atoms with Crippen LogP contribution in [0.5, 0.6) is 0 Å². The van der Waals surface area contributed by atoms with Crippen molar-refractivity contribution in [2.75, 3.05) is 24.8 Å². The smallest absolute Gasteiger partial charge is 0.257 e. The first-order valence-corrected chi connectivity index (χ1v) is 6.26. The number of para-hydroxylation sites is 1. The lowest BCUT2D eigenvalue weighted by molar-refractivity contribution is 0.102. The molecule has 1 aromatic heterocycles. The monoisotopic (exact) mass is 271 g/mol. The highest BCUT2D eigenvalue weighted by Crippen LogP contribution is 2.19. The van der Waals surface area contributed by atoms with Gasteiger partial charge in [0.15, 0.2) is 0 Å². The van der Waals surface area contributed by atoms with Gasteiger partial charge in [-0.2, -0.15) is 0 Å². The number of hydrogen-bond acceptors (Lipinski definition) is 4. The quantitative estimate of drug-likeness (QED) is 0.877. The molecular formula is C15H17N3O2. The summed E-state index contributed by atoms with van der Waals surface area (Å²) in [6, 6.07) is 9.24. The molecule has 0 saturated heterocycles. The Balaban J connectivity index is 2.24. The maximum atomic E-state index is 12.3. The largest absolute Gasteiger partial charge is 0.386 e. The summed E-state index contributed by atoms with van der Waals surface area (Å²) in [5.74, 6) is -0.180. The molecule has 2 aromatic rings. The molecule has 5 nitrogen and oxygen atoms in total. The van der Waals surface area contributed by atoms with Gasteiger partial charge in [0.2, 0.25) is 0 Å². The zero-order valence-electron chi connectivity index (χ0n) is 11.5. The molecule has 1 heterocycles. The first kappa shape index (κ1) is 14.0. The molecule has 0 fully saturated rings. The Bertz CT molecular complexity index is 599. The minimum absolute atomic E-state index is 0.180. The number of nitrogens with zero attached hydrogens (tertiary/aromatic N) is 1. The first-order chi connectivity index (χ1) is 9.76. The molecule has 0 aliphatic rings. The molecule has 2 N–H and O–H groups in total. The lowest BCUT2D eigenvalue weighted by Crippen LogP contribution is -2.15. The molecule has 20 heavy (non-hydrogen) atoms. The van der Waals surface area contributed by atoms with E-state index in [0.29, 0.717) is 17.9 Å². The summed E-state index contributed by atoms with van der Waals surface area (Å²) in [4.78, 5) is 16.3. The van der Waals surface area contributed by atoms with Gasteiger partial charge in [0.25, 0.3) is 5.91 Å². The fraction of sp³-hybridized carbons (Fsp3) is 0.200. The van der Waals surface area contributed by atoms with Crippen LogP contribution in [0.4, 0.5) is 11.4 Å². The van der Waals surface area contributed by atoms with E-state index in [0.717, 1.165) is 11.3 Å². The number of amides is 1. The van der Waals surface area contributed by atoms with E-state index in [1.807, 2.05) is 24.3 Å². The molecule has 0 atom stereocenters. The van der Waals surface area contributed by atoms with Crippen molar-refractivity contribution in [3.63, 3.8) is 0 Å². The van der Waals surface area contributed by atoms with Gasteiger partial charge in [-0.3, -0.25) is 9.78 Å². The second-order valence-corrected chi connectivity index (χ2v) is 4.22. The summed E-state index contributed by atoms with van der Waals surface area (Å²) in [5, 5.41) is 5.85. The number of carbonyl (C=O) groups is 1. The van der Waals surface area contributed by atoms with Crippen molar-refractivity contribution in [1.29, 1.82) is 0 Å². The third kappa shape index (κ3) is 3.13. The van der Waals surface area contributed by atoms with Crippen molar-refractivity contribution in [3.8, 4) is 0 Å². The van der Waals surface area contributed by atoms with Crippen LogP contribution in [0.25, 0.3) is 0 Å². The SMILES string of the molecule is CNc1cnccc1C(=O)Nc1ccccc1COC. The molecule has 1 aromatic carbocycles. The molecular weight excluding hydrogens is 254 g/mol. The normalized spacial score (nSPS) is 10.1. The van der Waals surface area contributed by atoms with E-state index in [2.05, 4.69) is 15.6 Å². The molecule has 1 amide bonds. The number of rotatable bonds is 5. The third-order valence-electron chi connectivity index (χ3n) is 2.90. The van der Waals surface area contributed by atoms with Crippen LogP contribution < -0.4 is 10.6 Å². The van der Waals surface area contributed by atoms with Gasteiger partial charge in [-0.15, -0.1) is 0 Å². The van der Waals surface area contributed by atoms with Crippen molar-refractivity contribution in [1.82, 2.24) is 4.98 Å². The molecule has 104 valence electrons. The van der Waals surface area contributed by atoms with Gasteiger partial charge in [0.05, 0.1) is 24.1 Å². The number of aromatic nitrogens is 1. The van der Waals surface area contributed by atoms with Gasteiger partial charge in [-0.05, 0) is 12.1 Å². The predicted molar refractivity (Wildman–Crippen MR) is 78.9 cm³/mol. The predicted octanol–water partition coefficient (Wildman–Crippen LogP) is 2.52. The summed E-state index contributed by atoms with van der Waals surface area (Å²) < 4.78 is 5.13. The lowest BCUT2D eigenvalue weighted by Gasteiger charge is -2.12. The Labute approximate surface area is 118 Å². The van der Waals surface area contributed by atoms with Crippen LogP contribution in [-0.4, -0.2) is 25.0 Å². The number of ether oxygens (including phenoxy) is 1. The standard InChI is InChI=1S/C15H17N3O2/c1-16-14-9-17-8-7-12(14)15(19)18-13-6-4-3-5-11(13)10-20-2/h3-9,16H,10H2,1-2H3,(H,18,19). The molecule has 0 bridgehead atoms. The maximum absolute atomic E-state index is 12.3. The summed E-state index contributed by atoms with van der Waals surface area (Å²) >= 11 is 0. The zero-order chi connectivity index (χ0) is 14.4. The van der Waals surface area contributed by atoms with E-state index in [4.69, 9.17) is 4.74 Å². The van der Waals surface area contributed by atoms with Crippen molar-refractivity contribution in [3.05, 3.63) is 53.9 Å². The summed E-state index contributed by atoms with van der Waals surface area (Å²) in [5.41, 5.74) is 2.92. The highest BCUT2D eigenvalue weighted by Gasteiger charge is 2.12. The summed E-state index contributed by atoms with van der Waals surface area (Å²) in [7, 11) is 3.38. The number of nitrogens with one attached hydrogen (secondary N) is 2. The minimum Gasteiger partial charge on any atom is -0.386 e. The lowest BCUT2D eigenvalue weighted by atomic mass is 10.1. The average molecular weight is 271 g/mol. The van der Waals surface area contributed by atoms with Gasteiger partial charge in [0.1, 0.15) is 0 Å². The fourth-order valence-corrected chi connectivity index (χ4v) is 1.90. The zero-order valence-corrected chi connectivity index (χ0v) is 11.5. The first-order valence-electron chi connectivity index (χ1n) is 6.26. The number of carbonyl (C=O) groups excluding carboxylic acids is 1. The van der Waals surface area contributed by atoms with E-state index in [9.17, 15) is 4.79 Å². The van der Waals surface area contributed by atoms with Crippen molar-refractivity contribution in [2.45, 2.75) is 6.61 Å². The molecule has 2 rings (SSSR count). The van der Waals surface area contributed by atoms with Crippen LogP contribution >= 0.6 is 0 Å². The molecule has 0 aliphatic carbocycles. The average Bonchev–Trinajstić information content (AvgIpc) is 2.49. The van der Waals surface area contributed by atoms with E-state index in [1.165, 1.54) is 0 Å². The Morgan fingerprint density at radius 1 is 1.25 bits per heavy atom. The minimum atomic E-state index is -0.180. The summed E-state index contributed by atoms with van der Waals surface area (Å²) in [6.45, 7) is 0.450. The highest BCUT2D eigenvalue weighted by molar-refractivity contribution is 6.08. The van der Waals surface area contributed by atoms with Crippen LogP contribution in [0.1, 0.15) is 15.9 Å². The number of methoxy groups -OCH3 is 1. The Hall–Kier alpha value is -2.40. The van der Waals surface area contributed by atoms with Gasteiger partial charge < -0.3 is 15.4 Å². The van der Waals surface area contributed by atoms with Gasteiger partial charge >= 0.3 is 0 Å². The van der Waals surface area contributed by atoms with Crippen molar-refractivity contribution >= 4 is 17.3 Å². The number of benzene rings is 1.